The van der Waals surface area contributed by atoms with Crippen molar-refractivity contribution in [3.05, 3.63) is 77.9 Å². The second-order valence-corrected chi connectivity index (χ2v) is 5.40. The van der Waals surface area contributed by atoms with Gasteiger partial charge in [0.15, 0.2) is 0 Å². The van der Waals surface area contributed by atoms with Gasteiger partial charge in [0, 0.05) is 29.2 Å². The van der Waals surface area contributed by atoms with E-state index >= 15 is 0 Å². The molecule has 2 N–H and O–H groups in total. The molecule has 6 heteroatoms. The minimum Gasteiger partial charge on any atom is -0.496 e. The lowest BCUT2D eigenvalue weighted by molar-refractivity contribution is 0.102. The first-order chi connectivity index (χ1) is 12.1. The highest BCUT2D eigenvalue weighted by atomic mass is 19.1. The molecule has 0 spiro atoms. The Kier molecular flexibility index (Phi) is 4.81. The van der Waals surface area contributed by atoms with Crippen molar-refractivity contribution in [2.75, 3.05) is 12.4 Å². The van der Waals surface area contributed by atoms with E-state index in [0.717, 1.165) is 0 Å². The summed E-state index contributed by atoms with van der Waals surface area (Å²) < 4.78 is 21.0. The maximum absolute atomic E-state index is 14.3. The molecule has 1 heterocycles. The fraction of sp³-hybridized carbons (Fsp3) is 0.105. The van der Waals surface area contributed by atoms with E-state index in [1.807, 2.05) is 0 Å². The molecule has 0 radical (unpaired) electrons. The van der Waals surface area contributed by atoms with Crippen molar-refractivity contribution in [2.45, 2.75) is 6.61 Å². The smallest absolute Gasteiger partial charge is 0.255 e. The number of aliphatic hydroxyl groups excluding tert-OH is 1. The van der Waals surface area contributed by atoms with Gasteiger partial charge in [0.25, 0.3) is 5.91 Å². The molecule has 0 bridgehead atoms. The Morgan fingerprint density at radius 1 is 1.20 bits per heavy atom. The van der Waals surface area contributed by atoms with Crippen LogP contribution in [-0.2, 0) is 6.61 Å². The van der Waals surface area contributed by atoms with Crippen molar-refractivity contribution in [1.29, 1.82) is 0 Å². The van der Waals surface area contributed by atoms with E-state index in [0.29, 0.717) is 22.7 Å². The predicted octanol–water partition coefficient (Wildman–Crippen LogP) is 3.37. The first kappa shape index (κ1) is 16.7. The average molecular weight is 340 g/mol. The van der Waals surface area contributed by atoms with Crippen LogP contribution in [0, 0.1) is 5.82 Å². The highest BCUT2D eigenvalue weighted by molar-refractivity contribution is 6.04. The van der Waals surface area contributed by atoms with Gasteiger partial charge in [-0.05, 0) is 48.5 Å². The van der Waals surface area contributed by atoms with E-state index in [4.69, 9.17) is 4.74 Å². The molecule has 0 aliphatic carbocycles. The maximum Gasteiger partial charge on any atom is 0.255 e. The van der Waals surface area contributed by atoms with E-state index in [2.05, 4.69) is 5.32 Å². The first-order valence-electron chi connectivity index (χ1n) is 7.64. The van der Waals surface area contributed by atoms with Crippen molar-refractivity contribution >= 4 is 11.6 Å². The summed E-state index contributed by atoms with van der Waals surface area (Å²) in [6.07, 6.45) is 3.46. The summed E-state index contributed by atoms with van der Waals surface area (Å²) in [6.45, 7) is -0.215. The molecule has 1 amide bonds. The van der Waals surface area contributed by atoms with Crippen molar-refractivity contribution in [1.82, 2.24) is 4.57 Å². The zero-order valence-electron chi connectivity index (χ0n) is 13.6. The summed E-state index contributed by atoms with van der Waals surface area (Å²) in [6, 6.07) is 12.8. The lowest BCUT2D eigenvalue weighted by atomic mass is 10.1. The number of hydrogen-bond acceptors (Lipinski definition) is 3. The molecular weight excluding hydrogens is 323 g/mol. The van der Waals surface area contributed by atoms with Gasteiger partial charge in [-0.3, -0.25) is 4.79 Å². The van der Waals surface area contributed by atoms with Gasteiger partial charge in [0.1, 0.15) is 11.6 Å². The van der Waals surface area contributed by atoms with Crippen LogP contribution in [0.15, 0.2) is 60.9 Å². The number of halogens is 1. The summed E-state index contributed by atoms with van der Waals surface area (Å²) in [4.78, 5) is 12.3. The number of anilines is 1. The topological polar surface area (TPSA) is 63.5 Å². The van der Waals surface area contributed by atoms with Crippen LogP contribution in [0.5, 0.6) is 5.75 Å². The van der Waals surface area contributed by atoms with Gasteiger partial charge in [-0.25, -0.2) is 4.39 Å². The van der Waals surface area contributed by atoms with Crippen LogP contribution in [0.1, 0.15) is 15.9 Å². The van der Waals surface area contributed by atoms with E-state index in [-0.39, 0.29) is 12.2 Å². The van der Waals surface area contributed by atoms with E-state index in [9.17, 15) is 14.3 Å². The largest absolute Gasteiger partial charge is 0.496 e. The van der Waals surface area contributed by atoms with Gasteiger partial charge in [-0.15, -0.1) is 0 Å². The van der Waals surface area contributed by atoms with Crippen LogP contribution in [0.4, 0.5) is 10.1 Å². The van der Waals surface area contributed by atoms with E-state index in [1.54, 1.807) is 59.4 Å². The maximum atomic E-state index is 14.3. The number of aromatic nitrogens is 1. The molecular formula is C19H17FN2O3. The first-order valence-corrected chi connectivity index (χ1v) is 7.64. The highest BCUT2D eigenvalue weighted by Crippen LogP contribution is 2.23. The van der Waals surface area contributed by atoms with Gasteiger partial charge in [-0.2, -0.15) is 0 Å². The molecule has 0 saturated carbocycles. The van der Waals surface area contributed by atoms with Gasteiger partial charge >= 0.3 is 0 Å². The minimum atomic E-state index is -0.491. The normalized spacial score (nSPS) is 10.5. The number of amides is 1. The molecule has 3 aromatic rings. The average Bonchev–Trinajstić information content (AvgIpc) is 3.15. The van der Waals surface area contributed by atoms with Crippen LogP contribution in [0.2, 0.25) is 0 Å². The van der Waals surface area contributed by atoms with E-state index in [1.165, 1.54) is 13.2 Å². The summed E-state index contributed by atoms with van der Waals surface area (Å²) in [7, 11) is 1.50. The van der Waals surface area contributed by atoms with Gasteiger partial charge in [0.05, 0.1) is 19.4 Å². The third-order valence-corrected chi connectivity index (χ3v) is 3.80. The van der Waals surface area contributed by atoms with Crippen LogP contribution in [0.3, 0.4) is 0 Å². The Bertz CT molecular complexity index is 892. The van der Waals surface area contributed by atoms with E-state index < -0.39 is 11.7 Å². The lowest BCUT2D eigenvalue weighted by Gasteiger charge is -2.11. The number of nitrogens with one attached hydrogen (secondary N) is 1. The molecule has 25 heavy (non-hydrogen) atoms. The van der Waals surface area contributed by atoms with Crippen molar-refractivity contribution in [3.8, 4) is 11.4 Å². The molecule has 0 atom stereocenters. The summed E-state index contributed by atoms with van der Waals surface area (Å²) >= 11 is 0. The second-order valence-electron chi connectivity index (χ2n) is 5.40. The molecule has 3 rings (SSSR count). The quantitative estimate of drug-likeness (QED) is 0.748. The van der Waals surface area contributed by atoms with Crippen molar-refractivity contribution in [3.63, 3.8) is 0 Å². The second kappa shape index (κ2) is 7.19. The lowest BCUT2D eigenvalue weighted by Crippen LogP contribution is -2.13. The minimum absolute atomic E-state index is 0.203. The number of methoxy groups -OCH3 is 1. The van der Waals surface area contributed by atoms with Crippen molar-refractivity contribution < 1.29 is 19.0 Å². The molecule has 0 aliphatic heterocycles. The Morgan fingerprint density at radius 2 is 1.96 bits per heavy atom. The fourth-order valence-electron chi connectivity index (χ4n) is 2.54. The SMILES string of the molecule is COc1ccc(NC(=O)c2ccc(-n3cccc3)c(F)c2)cc1CO. The number of hydrogen-bond donors (Lipinski definition) is 2. The standard InChI is InChI=1S/C19H17FN2O3/c1-25-18-7-5-15(10-14(18)12-23)21-19(24)13-4-6-17(16(20)11-13)22-8-2-3-9-22/h2-11,23H,12H2,1H3,(H,21,24). The molecule has 0 saturated heterocycles. The Labute approximate surface area is 144 Å². The Morgan fingerprint density at radius 3 is 2.60 bits per heavy atom. The molecule has 0 aliphatic rings. The molecule has 0 fully saturated rings. The Hall–Kier alpha value is -3.12. The third-order valence-electron chi connectivity index (χ3n) is 3.80. The number of nitrogens with zero attached hydrogens (tertiary/aromatic N) is 1. The molecule has 5 nitrogen and oxygen atoms in total. The molecule has 1 aromatic heterocycles. The number of carbonyl (C=O) groups is 1. The number of aliphatic hydroxyl groups is 1. The third kappa shape index (κ3) is 3.54. The zero-order valence-corrected chi connectivity index (χ0v) is 13.6. The zero-order chi connectivity index (χ0) is 17.8. The van der Waals surface area contributed by atoms with Crippen LogP contribution in [0.25, 0.3) is 5.69 Å². The summed E-state index contributed by atoms with van der Waals surface area (Å²) in [5, 5.41) is 12.0. The van der Waals surface area contributed by atoms with Gasteiger partial charge in [-0.1, -0.05) is 0 Å². The number of ether oxygens (including phenoxy) is 1. The molecule has 0 unspecified atom stereocenters. The van der Waals surface area contributed by atoms with Crippen LogP contribution < -0.4 is 10.1 Å². The Balaban J connectivity index is 1.81. The summed E-state index contributed by atoms with van der Waals surface area (Å²) in [5.74, 6) is -0.399. The highest BCUT2D eigenvalue weighted by Gasteiger charge is 2.12. The van der Waals surface area contributed by atoms with Crippen LogP contribution in [-0.4, -0.2) is 22.7 Å². The van der Waals surface area contributed by atoms with Gasteiger partial charge < -0.3 is 19.7 Å². The molecule has 2 aromatic carbocycles. The monoisotopic (exact) mass is 340 g/mol. The van der Waals surface area contributed by atoms with Crippen LogP contribution >= 0.6 is 0 Å². The number of rotatable bonds is 5. The number of benzene rings is 2. The summed E-state index contributed by atoms with van der Waals surface area (Å²) in [5.41, 5.74) is 1.61. The molecule has 128 valence electrons. The number of carbonyl (C=O) groups excluding carboxylic acids is 1. The fourth-order valence-corrected chi connectivity index (χ4v) is 2.54. The van der Waals surface area contributed by atoms with Crippen molar-refractivity contribution in [2.24, 2.45) is 0 Å². The predicted molar refractivity (Wildman–Crippen MR) is 92.6 cm³/mol. The van der Waals surface area contributed by atoms with Gasteiger partial charge in [0.2, 0.25) is 0 Å².